The number of imidazole rings is 1. The van der Waals surface area contributed by atoms with Gasteiger partial charge >= 0.3 is 0 Å². The molecular formula is C10H16N6O. The molecule has 7 heteroatoms. The van der Waals surface area contributed by atoms with Gasteiger partial charge in [0.25, 0.3) is 0 Å². The molecule has 7 nitrogen and oxygen atoms in total. The van der Waals surface area contributed by atoms with Crippen LogP contribution in [0.2, 0.25) is 0 Å². The van der Waals surface area contributed by atoms with Crippen LogP contribution in [0.1, 0.15) is 6.92 Å². The van der Waals surface area contributed by atoms with Gasteiger partial charge in [0.05, 0.1) is 19.0 Å². The third-order valence-electron chi connectivity index (χ3n) is 2.50. The van der Waals surface area contributed by atoms with Crippen LogP contribution in [0.25, 0.3) is 11.2 Å². The van der Waals surface area contributed by atoms with Crippen LogP contribution in [0.15, 0.2) is 12.7 Å². The maximum Gasteiger partial charge on any atom is 0.165 e. The highest BCUT2D eigenvalue weighted by Gasteiger charge is 2.12. The Morgan fingerprint density at radius 2 is 2.24 bits per heavy atom. The summed E-state index contributed by atoms with van der Waals surface area (Å²) in [6, 6.07) is 0. The van der Waals surface area contributed by atoms with Crippen LogP contribution in [0, 0.1) is 0 Å². The van der Waals surface area contributed by atoms with Gasteiger partial charge in [-0.05, 0) is 6.92 Å². The second-order valence-corrected chi connectivity index (χ2v) is 3.64. The number of hydrogen-bond donors (Lipinski definition) is 2. The molecule has 0 spiro atoms. The lowest BCUT2D eigenvalue weighted by molar-refractivity contribution is 0.0574. The molecule has 0 radical (unpaired) electrons. The molecule has 2 aromatic heterocycles. The molecule has 0 saturated heterocycles. The minimum Gasteiger partial charge on any atom is -0.382 e. The molecule has 2 rings (SSSR count). The number of hydrogen-bond acceptors (Lipinski definition) is 6. The Morgan fingerprint density at radius 1 is 1.41 bits per heavy atom. The Labute approximate surface area is 98.8 Å². The summed E-state index contributed by atoms with van der Waals surface area (Å²) in [5.74, 6) is 0.384. The number of fused-ring (bicyclic) bond motifs is 1. The normalized spacial score (nSPS) is 13.1. The van der Waals surface area contributed by atoms with Crippen molar-refractivity contribution in [1.29, 1.82) is 0 Å². The molecule has 0 aliphatic carbocycles. The van der Waals surface area contributed by atoms with Crippen LogP contribution in [0.5, 0.6) is 0 Å². The molecule has 1 atom stereocenters. The summed E-state index contributed by atoms with van der Waals surface area (Å²) < 4.78 is 7.37. The average Bonchev–Trinajstić information content (AvgIpc) is 2.73. The van der Waals surface area contributed by atoms with Gasteiger partial charge in [-0.25, -0.2) is 15.0 Å². The molecular weight excluding hydrogens is 220 g/mol. The highest BCUT2D eigenvalue weighted by Crippen LogP contribution is 2.14. The van der Waals surface area contributed by atoms with Gasteiger partial charge in [-0.1, -0.05) is 0 Å². The quantitative estimate of drug-likeness (QED) is 0.743. The van der Waals surface area contributed by atoms with Gasteiger partial charge in [0, 0.05) is 13.2 Å². The molecule has 17 heavy (non-hydrogen) atoms. The second-order valence-electron chi connectivity index (χ2n) is 3.64. The topological polar surface area (TPSA) is 105 Å². The predicted molar refractivity (Wildman–Crippen MR) is 64.2 cm³/mol. The maximum absolute atomic E-state index is 5.71. The highest BCUT2D eigenvalue weighted by atomic mass is 16.5. The predicted octanol–water partition coefficient (Wildman–Crippen LogP) is -0.228. The van der Waals surface area contributed by atoms with Gasteiger partial charge in [-0.15, -0.1) is 0 Å². The minimum absolute atomic E-state index is 0.0476. The van der Waals surface area contributed by atoms with E-state index in [1.807, 2.05) is 11.5 Å². The fourth-order valence-corrected chi connectivity index (χ4v) is 1.68. The summed E-state index contributed by atoms with van der Waals surface area (Å²) in [4.78, 5) is 12.2. The van der Waals surface area contributed by atoms with Crippen molar-refractivity contribution < 1.29 is 4.74 Å². The van der Waals surface area contributed by atoms with Gasteiger partial charge in [-0.3, -0.25) is 0 Å². The second kappa shape index (κ2) is 5.07. The monoisotopic (exact) mass is 236 g/mol. The molecule has 0 aliphatic rings. The lowest BCUT2D eigenvalue weighted by Gasteiger charge is -2.15. The highest BCUT2D eigenvalue weighted by molar-refractivity contribution is 5.81. The third kappa shape index (κ3) is 2.34. The van der Waals surface area contributed by atoms with Crippen molar-refractivity contribution in [3.63, 3.8) is 0 Å². The Hall–Kier alpha value is -1.73. The lowest BCUT2D eigenvalue weighted by Crippen LogP contribution is -2.28. The van der Waals surface area contributed by atoms with E-state index in [0.29, 0.717) is 36.7 Å². The first kappa shape index (κ1) is 11.7. The number of nitrogens with zero attached hydrogens (tertiary/aromatic N) is 4. The fourth-order valence-electron chi connectivity index (χ4n) is 1.68. The fraction of sp³-hybridized carbons (Fsp3) is 0.500. The van der Waals surface area contributed by atoms with E-state index in [1.165, 1.54) is 6.33 Å². The summed E-state index contributed by atoms with van der Waals surface area (Å²) in [7, 11) is 0. The van der Waals surface area contributed by atoms with Crippen molar-refractivity contribution in [1.82, 2.24) is 19.5 Å². The van der Waals surface area contributed by atoms with Crippen LogP contribution >= 0.6 is 0 Å². The molecule has 0 amide bonds. The number of aromatic nitrogens is 4. The SMILES string of the molecule is CCOC(CN)Cn1cnc2c(N)ncnc21. The Bertz CT molecular complexity index is 497. The lowest BCUT2D eigenvalue weighted by atomic mass is 10.3. The molecule has 92 valence electrons. The molecule has 1 unspecified atom stereocenters. The van der Waals surface area contributed by atoms with Crippen LogP contribution in [-0.4, -0.2) is 38.8 Å². The van der Waals surface area contributed by atoms with E-state index < -0.39 is 0 Å². The number of nitrogens with two attached hydrogens (primary N) is 2. The van der Waals surface area contributed by atoms with Crippen molar-refractivity contribution in [2.24, 2.45) is 5.73 Å². The van der Waals surface area contributed by atoms with Crippen molar-refractivity contribution in [3.05, 3.63) is 12.7 Å². The van der Waals surface area contributed by atoms with Crippen molar-refractivity contribution >= 4 is 17.0 Å². The zero-order valence-electron chi connectivity index (χ0n) is 9.71. The molecule has 4 N–H and O–H groups in total. The molecule has 2 heterocycles. The van der Waals surface area contributed by atoms with E-state index in [-0.39, 0.29) is 6.10 Å². The molecule has 0 bridgehead atoms. The first-order valence-corrected chi connectivity index (χ1v) is 5.49. The van der Waals surface area contributed by atoms with E-state index >= 15 is 0 Å². The molecule has 0 fully saturated rings. The number of anilines is 1. The van der Waals surface area contributed by atoms with Gasteiger partial charge in [0.2, 0.25) is 0 Å². The standard InChI is InChI=1S/C10H16N6O/c1-2-17-7(3-11)4-16-6-15-8-9(12)13-5-14-10(8)16/h5-7H,2-4,11H2,1H3,(H2,12,13,14). The van der Waals surface area contributed by atoms with E-state index in [0.717, 1.165) is 0 Å². The Balaban J connectivity index is 2.27. The molecule has 0 aromatic carbocycles. The van der Waals surface area contributed by atoms with Gasteiger partial charge in [0.1, 0.15) is 11.8 Å². The summed E-state index contributed by atoms with van der Waals surface area (Å²) >= 11 is 0. The summed E-state index contributed by atoms with van der Waals surface area (Å²) in [5.41, 5.74) is 12.7. The van der Waals surface area contributed by atoms with Gasteiger partial charge < -0.3 is 20.8 Å². The van der Waals surface area contributed by atoms with E-state index in [9.17, 15) is 0 Å². The van der Waals surface area contributed by atoms with Gasteiger partial charge in [-0.2, -0.15) is 0 Å². The van der Waals surface area contributed by atoms with Crippen LogP contribution in [0.3, 0.4) is 0 Å². The Kier molecular flexibility index (Phi) is 3.50. The van der Waals surface area contributed by atoms with Crippen molar-refractivity contribution in [2.45, 2.75) is 19.6 Å². The summed E-state index contributed by atoms with van der Waals surface area (Å²) in [6.07, 6.45) is 3.05. The van der Waals surface area contributed by atoms with Crippen LogP contribution < -0.4 is 11.5 Å². The summed E-state index contributed by atoms with van der Waals surface area (Å²) in [6.45, 7) is 3.63. The largest absolute Gasteiger partial charge is 0.382 e. The van der Waals surface area contributed by atoms with Gasteiger partial charge in [0.15, 0.2) is 11.5 Å². The maximum atomic E-state index is 5.71. The van der Waals surface area contributed by atoms with E-state index in [1.54, 1.807) is 6.33 Å². The summed E-state index contributed by atoms with van der Waals surface area (Å²) in [5, 5.41) is 0. The van der Waals surface area contributed by atoms with E-state index in [4.69, 9.17) is 16.2 Å². The minimum atomic E-state index is -0.0476. The van der Waals surface area contributed by atoms with Crippen molar-refractivity contribution in [2.75, 3.05) is 18.9 Å². The Morgan fingerprint density at radius 3 is 2.94 bits per heavy atom. The smallest absolute Gasteiger partial charge is 0.165 e. The first-order valence-electron chi connectivity index (χ1n) is 5.49. The first-order chi connectivity index (χ1) is 8.26. The van der Waals surface area contributed by atoms with Crippen molar-refractivity contribution in [3.8, 4) is 0 Å². The number of ether oxygens (including phenoxy) is 1. The molecule has 2 aromatic rings. The van der Waals surface area contributed by atoms with Crippen LogP contribution in [-0.2, 0) is 11.3 Å². The number of rotatable bonds is 5. The average molecular weight is 236 g/mol. The third-order valence-corrected chi connectivity index (χ3v) is 2.50. The molecule has 0 aliphatic heterocycles. The molecule has 0 saturated carbocycles. The zero-order valence-corrected chi connectivity index (χ0v) is 9.71. The van der Waals surface area contributed by atoms with Crippen LogP contribution in [0.4, 0.5) is 5.82 Å². The van der Waals surface area contributed by atoms with E-state index in [2.05, 4.69) is 15.0 Å². The zero-order chi connectivity index (χ0) is 12.3. The number of nitrogen functional groups attached to an aromatic ring is 1.